The number of hydrogen-bond acceptors (Lipinski definition) is 6. The number of ether oxygens (including phenoxy) is 2. The second-order valence-electron chi connectivity index (χ2n) is 7.16. The summed E-state index contributed by atoms with van der Waals surface area (Å²) in [5, 5.41) is 14.6. The highest BCUT2D eigenvalue weighted by atomic mass is 35.5. The molecule has 1 fully saturated rings. The van der Waals surface area contributed by atoms with Gasteiger partial charge in [0.05, 0.1) is 19.3 Å². The lowest BCUT2D eigenvalue weighted by atomic mass is 9.83. The van der Waals surface area contributed by atoms with E-state index in [4.69, 9.17) is 31.8 Å². The second kappa shape index (κ2) is 10.2. The topological polar surface area (TPSA) is 95.4 Å². The number of benzene rings is 1. The zero-order valence-electron chi connectivity index (χ0n) is 16.3. The van der Waals surface area contributed by atoms with Crippen molar-refractivity contribution in [3.05, 3.63) is 40.9 Å². The molecule has 28 heavy (non-hydrogen) atoms. The first-order chi connectivity index (χ1) is 13.6. The monoisotopic (exact) mass is 408 g/mol. The van der Waals surface area contributed by atoms with E-state index in [0.29, 0.717) is 29.7 Å². The minimum Gasteiger partial charge on any atom is -0.485 e. The molecule has 3 rings (SSSR count). The number of aliphatic hydroxyl groups excluding tert-OH is 1. The Hall–Kier alpha value is -1.67. The van der Waals surface area contributed by atoms with Crippen molar-refractivity contribution in [2.75, 3.05) is 13.2 Å². The van der Waals surface area contributed by atoms with Gasteiger partial charge in [-0.3, -0.25) is 0 Å². The van der Waals surface area contributed by atoms with Crippen LogP contribution < -0.4 is 10.5 Å². The largest absolute Gasteiger partial charge is 0.485 e. The maximum absolute atomic E-state index is 9.42. The molecule has 0 bridgehead atoms. The van der Waals surface area contributed by atoms with Crippen LogP contribution in [0.1, 0.15) is 50.2 Å². The molecule has 1 saturated carbocycles. The summed E-state index contributed by atoms with van der Waals surface area (Å²) in [5.74, 6) is 2.34. The molecule has 8 heteroatoms. The molecule has 154 valence electrons. The van der Waals surface area contributed by atoms with Crippen molar-refractivity contribution in [1.29, 1.82) is 0 Å². The van der Waals surface area contributed by atoms with Crippen LogP contribution in [-0.2, 0) is 17.9 Å². The van der Waals surface area contributed by atoms with E-state index < -0.39 is 0 Å². The highest BCUT2D eigenvalue weighted by Crippen LogP contribution is 2.33. The fourth-order valence-electron chi connectivity index (χ4n) is 3.58. The average Bonchev–Trinajstić information content (AvgIpc) is 3.09. The number of nitrogens with zero attached hydrogens (tertiary/aromatic N) is 3. The Balaban J connectivity index is 1.71. The quantitative estimate of drug-likeness (QED) is 0.662. The van der Waals surface area contributed by atoms with Crippen LogP contribution in [0.25, 0.3) is 0 Å². The van der Waals surface area contributed by atoms with E-state index in [1.165, 1.54) is 0 Å². The highest BCUT2D eigenvalue weighted by molar-refractivity contribution is 6.30. The number of aromatic nitrogens is 3. The van der Waals surface area contributed by atoms with Gasteiger partial charge in [-0.15, -0.1) is 0 Å². The van der Waals surface area contributed by atoms with Gasteiger partial charge in [-0.2, -0.15) is 5.10 Å². The molecule has 3 N–H and O–H groups in total. The van der Waals surface area contributed by atoms with E-state index >= 15 is 0 Å². The summed E-state index contributed by atoms with van der Waals surface area (Å²) in [6.07, 6.45) is 3.65. The van der Waals surface area contributed by atoms with E-state index in [9.17, 15) is 5.11 Å². The van der Waals surface area contributed by atoms with E-state index in [1.807, 2.05) is 12.1 Å². The summed E-state index contributed by atoms with van der Waals surface area (Å²) >= 11 is 6.00. The minimum atomic E-state index is 0.00689. The predicted molar refractivity (Wildman–Crippen MR) is 107 cm³/mol. The third-order valence-electron chi connectivity index (χ3n) is 4.96. The zero-order valence-corrected chi connectivity index (χ0v) is 17.0. The SMILES string of the molecule is CCCO[C@@H]1C[C@@H](c2nc(COc3cccc(Cl)c3)nn2CCO)CC[C@H]1N. The maximum atomic E-state index is 9.42. The smallest absolute Gasteiger partial charge is 0.188 e. The summed E-state index contributed by atoms with van der Waals surface area (Å²) in [5.41, 5.74) is 6.25. The molecule has 0 spiro atoms. The van der Waals surface area contributed by atoms with Gasteiger partial charge in [-0.1, -0.05) is 24.6 Å². The lowest BCUT2D eigenvalue weighted by Crippen LogP contribution is -2.42. The van der Waals surface area contributed by atoms with Gasteiger partial charge < -0.3 is 20.3 Å². The van der Waals surface area contributed by atoms with E-state index in [1.54, 1.807) is 16.8 Å². The Morgan fingerprint density at radius 2 is 2.21 bits per heavy atom. The fourth-order valence-corrected chi connectivity index (χ4v) is 3.76. The molecule has 0 amide bonds. The summed E-state index contributed by atoms with van der Waals surface area (Å²) in [6.45, 7) is 3.46. The van der Waals surface area contributed by atoms with E-state index in [2.05, 4.69) is 12.0 Å². The van der Waals surface area contributed by atoms with Crippen molar-refractivity contribution in [3.63, 3.8) is 0 Å². The number of rotatable bonds is 9. The molecular weight excluding hydrogens is 380 g/mol. The lowest BCUT2D eigenvalue weighted by molar-refractivity contribution is 0.00854. The number of halogens is 1. The van der Waals surface area contributed by atoms with Gasteiger partial charge in [0.1, 0.15) is 18.2 Å². The van der Waals surface area contributed by atoms with Gasteiger partial charge in [0, 0.05) is 23.6 Å². The number of nitrogens with two attached hydrogens (primary N) is 1. The van der Waals surface area contributed by atoms with Gasteiger partial charge in [0.15, 0.2) is 5.82 Å². The summed E-state index contributed by atoms with van der Waals surface area (Å²) in [6, 6.07) is 7.29. The van der Waals surface area contributed by atoms with Crippen LogP contribution in [0, 0.1) is 0 Å². The van der Waals surface area contributed by atoms with Crippen molar-refractivity contribution in [2.45, 2.75) is 63.8 Å². The molecule has 1 aliphatic carbocycles. The molecule has 7 nitrogen and oxygen atoms in total. The first-order valence-electron chi connectivity index (χ1n) is 9.90. The molecule has 0 aliphatic heterocycles. The van der Waals surface area contributed by atoms with Gasteiger partial charge in [0.2, 0.25) is 0 Å². The van der Waals surface area contributed by atoms with Crippen LogP contribution in [-0.4, -0.2) is 45.2 Å². The van der Waals surface area contributed by atoms with Gasteiger partial charge in [-0.25, -0.2) is 9.67 Å². The van der Waals surface area contributed by atoms with Crippen molar-refractivity contribution in [1.82, 2.24) is 14.8 Å². The second-order valence-corrected chi connectivity index (χ2v) is 7.60. The standard InChI is InChI=1S/C20H29ClN4O3/c1-2-10-27-18-11-14(6-7-17(18)22)20-23-19(24-25(20)8-9-26)13-28-16-5-3-4-15(21)12-16/h3-5,12,14,17-18,26H,2,6-11,13,22H2,1H3/t14-,17+,18+/m0/s1. The molecule has 3 atom stereocenters. The molecule has 1 aromatic carbocycles. The Morgan fingerprint density at radius 3 is 2.96 bits per heavy atom. The molecule has 0 unspecified atom stereocenters. The molecule has 2 aromatic rings. The summed E-state index contributed by atoms with van der Waals surface area (Å²) in [4.78, 5) is 4.72. The van der Waals surface area contributed by atoms with E-state index in [0.717, 1.165) is 31.5 Å². The Labute approximate surface area is 170 Å². The minimum absolute atomic E-state index is 0.00689. The van der Waals surface area contributed by atoms with Crippen molar-refractivity contribution in [2.24, 2.45) is 5.73 Å². The van der Waals surface area contributed by atoms with Crippen molar-refractivity contribution >= 4 is 11.6 Å². The maximum Gasteiger partial charge on any atom is 0.188 e. The highest BCUT2D eigenvalue weighted by Gasteiger charge is 2.32. The van der Waals surface area contributed by atoms with Crippen molar-refractivity contribution in [3.8, 4) is 5.75 Å². The number of hydrogen-bond donors (Lipinski definition) is 2. The molecule has 1 aliphatic rings. The van der Waals surface area contributed by atoms with Crippen LogP contribution in [0.15, 0.2) is 24.3 Å². The molecular formula is C20H29ClN4O3. The van der Waals surface area contributed by atoms with Gasteiger partial charge in [-0.05, 0) is 43.9 Å². The van der Waals surface area contributed by atoms with Gasteiger partial charge in [0.25, 0.3) is 0 Å². The molecule has 0 saturated heterocycles. The van der Waals surface area contributed by atoms with Crippen LogP contribution in [0.5, 0.6) is 5.75 Å². The molecule has 0 radical (unpaired) electrons. The van der Waals surface area contributed by atoms with Crippen LogP contribution in [0.2, 0.25) is 5.02 Å². The zero-order chi connectivity index (χ0) is 19.9. The van der Waals surface area contributed by atoms with Gasteiger partial charge >= 0.3 is 0 Å². The Kier molecular flexibility index (Phi) is 7.67. The lowest BCUT2D eigenvalue weighted by Gasteiger charge is -2.33. The third-order valence-corrected chi connectivity index (χ3v) is 5.20. The van der Waals surface area contributed by atoms with Crippen LogP contribution in [0.3, 0.4) is 0 Å². The van der Waals surface area contributed by atoms with E-state index in [-0.39, 0.29) is 31.3 Å². The summed E-state index contributed by atoms with van der Waals surface area (Å²) < 4.78 is 13.5. The van der Waals surface area contributed by atoms with Crippen molar-refractivity contribution < 1.29 is 14.6 Å². The molecule has 1 heterocycles. The third kappa shape index (κ3) is 5.44. The Morgan fingerprint density at radius 1 is 1.36 bits per heavy atom. The number of aliphatic hydroxyl groups is 1. The Bertz CT molecular complexity index is 755. The first kappa shape index (κ1) is 21.0. The average molecular weight is 409 g/mol. The first-order valence-corrected chi connectivity index (χ1v) is 10.3. The predicted octanol–water partition coefficient (Wildman–Crippen LogP) is 2.89. The fraction of sp³-hybridized carbons (Fsp3) is 0.600. The van der Waals surface area contributed by atoms with Crippen LogP contribution >= 0.6 is 11.6 Å². The van der Waals surface area contributed by atoms with Crippen LogP contribution in [0.4, 0.5) is 0 Å². The molecule has 1 aromatic heterocycles. The summed E-state index contributed by atoms with van der Waals surface area (Å²) in [7, 11) is 0. The normalized spacial score (nSPS) is 22.4.